The van der Waals surface area contributed by atoms with E-state index in [1.165, 1.54) is 43.9 Å². The number of carbonyl (C=O) groups is 1. The highest BCUT2D eigenvalue weighted by Crippen LogP contribution is 2.39. The minimum atomic E-state index is -0.904. The van der Waals surface area contributed by atoms with E-state index in [1.807, 2.05) is 12.1 Å². The summed E-state index contributed by atoms with van der Waals surface area (Å²) in [5.74, 6) is -0.0192. The van der Waals surface area contributed by atoms with Crippen LogP contribution in [-0.2, 0) is 4.79 Å². The first-order valence-electron chi connectivity index (χ1n) is 7.52. The zero-order valence-corrected chi connectivity index (χ0v) is 11.7. The molecule has 1 saturated carbocycles. The molecule has 3 heteroatoms. The van der Waals surface area contributed by atoms with Crippen LogP contribution in [0.25, 0.3) is 6.08 Å². The van der Waals surface area contributed by atoms with E-state index >= 15 is 0 Å². The van der Waals surface area contributed by atoms with Gasteiger partial charge in [0.05, 0.1) is 0 Å². The molecule has 3 nitrogen and oxygen atoms in total. The van der Waals surface area contributed by atoms with Crippen LogP contribution in [0.5, 0.6) is 0 Å². The van der Waals surface area contributed by atoms with Crippen molar-refractivity contribution in [3.05, 3.63) is 35.9 Å². The molecule has 2 unspecified atom stereocenters. The van der Waals surface area contributed by atoms with E-state index in [0.29, 0.717) is 0 Å². The Hall–Kier alpha value is -1.77. The first kappa shape index (κ1) is 13.2. The van der Waals surface area contributed by atoms with E-state index in [0.717, 1.165) is 24.1 Å². The predicted octanol–water partition coefficient (Wildman–Crippen LogP) is 3.55. The maximum absolute atomic E-state index is 10.5. The van der Waals surface area contributed by atoms with Crippen LogP contribution in [-0.4, -0.2) is 23.7 Å². The average molecular weight is 271 g/mol. The number of piperidine rings is 1. The molecule has 2 aliphatic rings. The second-order valence-corrected chi connectivity index (χ2v) is 5.86. The highest BCUT2D eigenvalue weighted by atomic mass is 16.4. The summed E-state index contributed by atoms with van der Waals surface area (Å²) in [6.07, 6.45) is 9.59. The van der Waals surface area contributed by atoms with Crippen LogP contribution < -0.4 is 4.90 Å². The fraction of sp³-hybridized carbons (Fsp3) is 0.471. The highest BCUT2D eigenvalue weighted by molar-refractivity contribution is 5.85. The summed E-state index contributed by atoms with van der Waals surface area (Å²) in [4.78, 5) is 13.1. The number of nitrogens with zero attached hydrogens (tertiary/aromatic N) is 1. The summed E-state index contributed by atoms with van der Waals surface area (Å²) < 4.78 is 0. The van der Waals surface area contributed by atoms with Crippen molar-refractivity contribution in [3.63, 3.8) is 0 Å². The molecule has 0 radical (unpaired) electrons. The molecule has 106 valence electrons. The van der Waals surface area contributed by atoms with Crippen LogP contribution in [0.15, 0.2) is 30.3 Å². The molecule has 2 atom stereocenters. The number of fused-ring (bicyclic) bond motifs is 1. The van der Waals surface area contributed by atoms with Crippen molar-refractivity contribution in [2.75, 3.05) is 11.4 Å². The zero-order valence-electron chi connectivity index (χ0n) is 11.7. The molecule has 1 aromatic carbocycles. The lowest BCUT2D eigenvalue weighted by Crippen LogP contribution is -2.42. The number of hydrogen-bond donors (Lipinski definition) is 1. The third kappa shape index (κ3) is 2.72. The molecule has 1 aliphatic heterocycles. The number of carboxylic acid groups (broad SMARTS) is 1. The van der Waals surface area contributed by atoms with Gasteiger partial charge >= 0.3 is 5.97 Å². The molecular weight excluding hydrogens is 250 g/mol. The molecule has 1 heterocycles. The maximum Gasteiger partial charge on any atom is 0.328 e. The first-order valence-corrected chi connectivity index (χ1v) is 7.52. The van der Waals surface area contributed by atoms with E-state index in [4.69, 9.17) is 5.11 Å². The van der Waals surface area contributed by atoms with Gasteiger partial charge in [-0.15, -0.1) is 0 Å². The van der Waals surface area contributed by atoms with Crippen LogP contribution in [0.3, 0.4) is 0 Å². The predicted molar refractivity (Wildman–Crippen MR) is 80.8 cm³/mol. The lowest BCUT2D eigenvalue weighted by atomic mass is 9.91. The quantitative estimate of drug-likeness (QED) is 0.855. The molecule has 20 heavy (non-hydrogen) atoms. The van der Waals surface area contributed by atoms with Gasteiger partial charge in [-0.05, 0) is 55.4 Å². The number of benzene rings is 1. The number of rotatable bonds is 3. The molecule has 0 bridgehead atoms. The Bertz CT molecular complexity index is 506. The third-order valence-corrected chi connectivity index (χ3v) is 4.64. The van der Waals surface area contributed by atoms with Gasteiger partial charge in [0.15, 0.2) is 0 Å². The normalized spacial score (nSPS) is 25.9. The topological polar surface area (TPSA) is 40.5 Å². The molecule has 1 aromatic rings. The molecule has 3 rings (SSSR count). The van der Waals surface area contributed by atoms with Gasteiger partial charge in [-0.3, -0.25) is 0 Å². The molecule has 0 amide bonds. The number of hydrogen-bond acceptors (Lipinski definition) is 2. The van der Waals surface area contributed by atoms with Crippen LogP contribution in [0, 0.1) is 5.92 Å². The minimum Gasteiger partial charge on any atom is -0.478 e. The van der Waals surface area contributed by atoms with E-state index in [9.17, 15) is 4.79 Å². The Morgan fingerprint density at radius 3 is 2.65 bits per heavy atom. The summed E-state index contributed by atoms with van der Waals surface area (Å²) in [7, 11) is 0. The van der Waals surface area contributed by atoms with Crippen molar-refractivity contribution in [2.24, 2.45) is 5.92 Å². The van der Waals surface area contributed by atoms with Gasteiger partial charge in [0.25, 0.3) is 0 Å². The SMILES string of the molecule is O=C(O)C=Cc1ccc(N2CCCC3CCCC32)cc1. The Labute approximate surface area is 119 Å². The van der Waals surface area contributed by atoms with Crippen molar-refractivity contribution < 1.29 is 9.90 Å². The fourth-order valence-electron chi connectivity index (χ4n) is 3.72. The molecule has 1 N–H and O–H groups in total. The number of aliphatic carboxylic acids is 1. The standard InChI is InChI=1S/C17H21NO2/c19-17(20)11-8-13-6-9-15(10-7-13)18-12-2-4-14-3-1-5-16(14)18/h6-11,14,16H,1-5,12H2,(H,19,20). The van der Waals surface area contributed by atoms with Crippen LogP contribution >= 0.6 is 0 Å². The number of anilines is 1. The third-order valence-electron chi connectivity index (χ3n) is 4.64. The summed E-state index contributed by atoms with van der Waals surface area (Å²) in [6.45, 7) is 1.16. The van der Waals surface area contributed by atoms with E-state index in [-0.39, 0.29) is 0 Å². The van der Waals surface area contributed by atoms with Gasteiger partial charge in [-0.2, -0.15) is 0 Å². The maximum atomic E-state index is 10.5. The molecule has 0 spiro atoms. The van der Waals surface area contributed by atoms with Crippen molar-refractivity contribution in [3.8, 4) is 0 Å². The van der Waals surface area contributed by atoms with Crippen molar-refractivity contribution in [2.45, 2.75) is 38.1 Å². The zero-order chi connectivity index (χ0) is 13.9. The second kappa shape index (κ2) is 5.70. The summed E-state index contributed by atoms with van der Waals surface area (Å²) in [5, 5.41) is 8.64. The summed E-state index contributed by atoms with van der Waals surface area (Å²) >= 11 is 0. The van der Waals surface area contributed by atoms with Gasteiger partial charge in [0.1, 0.15) is 0 Å². The molecule has 1 saturated heterocycles. The van der Waals surface area contributed by atoms with Crippen molar-refractivity contribution >= 4 is 17.7 Å². The van der Waals surface area contributed by atoms with Crippen molar-refractivity contribution in [1.29, 1.82) is 0 Å². The monoisotopic (exact) mass is 271 g/mol. The fourth-order valence-corrected chi connectivity index (χ4v) is 3.72. The molecule has 0 aromatic heterocycles. The van der Waals surface area contributed by atoms with Gasteiger partial charge in [-0.25, -0.2) is 4.79 Å². The molecular formula is C17H21NO2. The minimum absolute atomic E-state index is 0.726. The largest absolute Gasteiger partial charge is 0.478 e. The van der Waals surface area contributed by atoms with E-state index in [1.54, 1.807) is 6.08 Å². The highest BCUT2D eigenvalue weighted by Gasteiger charge is 2.34. The second-order valence-electron chi connectivity index (χ2n) is 5.86. The van der Waals surface area contributed by atoms with Gasteiger partial charge < -0.3 is 10.0 Å². The molecule has 2 fully saturated rings. The lowest BCUT2D eigenvalue weighted by Gasteiger charge is -2.39. The van der Waals surface area contributed by atoms with E-state index < -0.39 is 5.97 Å². The number of carboxylic acids is 1. The van der Waals surface area contributed by atoms with Crippen molar-refractivity contribution in [1.82, 2.24) is 0 Å². The average Bonchev–Trinajstić information content (AvgIpc) is 2.94. The smallest absolute Gasteiger partial charge is 0.328 e. The van der Waals surface area contributed by atoms with Gasteiger partial charge in [0.2, 0.25) is 0 Å². The van der Waals surface area contributed by atoms with Crippen LogP contribution in [0.1, 0.15) is 37.7 Å². The summed E-state index contributed by atoms with van der Waals surface area (Å²) in [6, 6.07) is 9.00. The Balaban J connectivity index is 1.75. The Kier molecular flexibility index (Phi) is 3.77. The molecule has 1 aliphatic carbocycles. The van der Waals surface area contributed by atoms with Crippen LogP contribution in [0.4, 0.5) is 5.69 Å². The lowest BCUT2D eigenvalue weighted by molar-refractivity contribution is -0.131. The summed E-state index contributed by atoms with van der Waals surface area (Å²) in [5.41, 5.74) is 2.23. The Morgan fingerprint density at radius 2 is 1.90 bits per heavy atom. The van der Waals surface area contributed by atoms with Gasteiger partial charge in [0, 0.05) is 24.4 Å². The Morgan fingerprint density at radius 1 is 1.15 bits per heavy atom. The van der Waals surface area contributed by atoms with Gasteiger partial charge in [-0.1, -0.05) is 18.6 Å². The van der Waals surface area contributed by atoms with Crippen LogP contribution in [0.2, 0.25) is 0 Å². The van der Waals surface area contributed by atoms with E-state index in [2.05, 4.69) is 17.0 Å². The first-order chi connectivity index (χ1) is 9.74.